The standard InChI is InChI=1S/C24H31ClN2O3/c1-24(2,3)30-23(28)27-21-11-6-5-8-16(21)9-7-10-18-19-14-17(29-4)12-13-22(19)26-15-20(18)25/h7,9,12-16,21H,5-6,8,10-11H2,1-4H3,(H,27,28). The Morgan fingerprint density at radius 2 is 2.07 bits per heavy atom. The maximum atomic E-state index is 12.2. The van der Waals surface area contributed by atoms with E-state index in [4.69, 9.17) is 21.1 Å². The summed E-state index contributed by atoms with van der Waals surface area (Å²) in [5.74, 6) is 1.07. The molecule has 1 saturated carbocycles. The molecule has 1 fully saturated rings. The minimum atomic E-state index is -0.496. The van der Waals surface area contributed by atoms with Crippen molar-refractivity contribution in [1.29, 1.82) is 0 Å². The largest absolute Gasteiger partial charge is 0.497 e. The van der Waals surface area contributed by atoms with Crippen LogP contribution in [0.4, 0.5) is 4.79 Å². The molecule has 2 atom stereocenters. The topological polar surface area (TPSA) is 60.5 Å². The zero-order valence-corrected chi connectivity index (χ0v) is 19.0. The number of fused-ring (bicyclic) bond motifs is 1. The number of ether oxygens (including phenoxy) is 2. The third-order valence-electron chi connectivity index (χ3n) is 5.36. The summed E-state index contributed by atoms with van der Waals surface area (Å²) in [7, 11) is 1.65. The van der Waals surface area contributed by atoms with E-state index >= 15 is 0 Å². The molecule has 1 amide bonds. The average molecular weight is 431 g/mol. The lowest BCUT2D eigenvalue weighted by Gasteiger charge is -2.31. The first-order valence-electron chi connectivity index (χ1n) is 10.5. The second-order valence-corrected chi connectivity index (χ2v) is 9.21. The van der Waals surface area contributed by atoms with E-state index in [0.29, 0.717) is 11.4 Å². The molecule has 1 heterocycles. The first-order valence-corrected chi connectivity index (χ1v) is 10.9. The van der Waals surface area contributed by atoms with Crippen LogP contribution < -0.4 is 10.1 Å². The molecular formula is C24H31ClN2O3. The highest BCUT2D eigenvalue weighted by molar-refractivity contribution is 6.32. The van der Waals surface area contributed by atoms with Crippen molar-refractivity contribution in [2.75, 3.05) is 7.11 Å². The molecule has 1 aromatic carbocycles. The van der Waals surface area contributed by atoms with Gasteiger partial charge < -0.3 is 14.8 Å². The van der Waals surface area contributed by atoms with E-state index in [-0.39, 0.29) is 18.1 Å². The van der Waals surface area contributed by atoms with Gasteiger partial charge in [0.25, 0.3) is 0 Å². The normalized spacial score (nSPS) is 19.8. The third kappa shape index (κ3) is 5.88. The lowest BCUT2D eigenvalue weighted by molar-refractivity contribution is 0.0479. The summed E-state index contributed by atoms with van der Waals surface area (Å²) in [5.41, 5.74) is 1.43. The number of nitrogens with zero attached hydrogens (tertiary/aromatic N) is 1. The lowest BCUT2D eigenvalue weighted by atomic mass is 9.84. The number of benzene rings is 1. The molecule has 6 heteroatoms. The van der Waals surface area contributed by atoms with Gasteiger partial charge in [-0.15, -0.1) is 0 Å². The number of alkyl carbamates (subject to hydrolysis) is 1. The second kappa shape index (κ2) is 9.69. The molecule has 0 spiro atoms. The van der Waals surface area contributed by atoms with E-state index < -0.39 is 5.60 Å². The van der Waals surface area contributed by atoms with Gasteiger partial charge in [-0.1, -0.05) is 36.6 Å². The molecule has 1 aliphatic rings. The van der Waals surface area contributed by atoms with Crippen LogP contribution in [0.5, 0.6) is 5.75 Å². The highest BCUT2D eigenvalue weighted by Gasteiger charge is 2.26. The molecule has 0 bridgehead atoms. The molecule has 0 aliphatic heterocycles. The number of amides is 1. The summed E-state index contributed by atoms with van der Waals surface area (Å²) in [6.07, 6.45) is 10.7. The first kappa shape index (κ1) is 22.4. The molecule has 1 aliphatic carbocycles. The fraction of sp³-hybridized carbons (Fsp3) is 0.500. The van der Waals surface area contributed by atoms with Crippen molar-refractivity contribution < 1.29 is 14.3 Å². The monoisotopic (exact) mass is 430 g/mol. The van der Waals surface area contributed by atoms with Crippen molar-refractivity contribution in [3.8, 4) is 5.75 Å². The summed E-state index contributed by atoms with van der Waals surface area (Å²) in [4.78, 5) is 16.6. The number of allylic oxidation sites excluding steroid dienone is 1. The van der Waals surface area contributed by atoms with Gasteiger partial charge in [-0.05, 0) is 69.7 Å². The molecule has 1 aromatic heterocycles. The van der Waals surface area contributed by atoms with E-state index in [2.05, 4.69) is 22.5 Å². The van der Waals surface area contributed by atoms with Crippen LogP contribution in [0.1, 0.15) is 52.0 Å². The van der Waals surface area contributed by atoms with Crippen LogP contribution in [-0.4, -0.2) is 29.8 Å². The number of halogens is 1. The summed E-state index contributed by atoms with van der Waals surface area (Å²) < 4.78 is 10.8. The maximum absolute atomic E-state index is 12.2. The molecule has 2 aromatic rings. The van der Waals surface area contributed by atoms with Crippen LogP contribution >= 0.6 is 11.6 Å². The molecule has 0 radical (unpaired) electrons. The van der Waals surface area contributed by atoms with Gasteiger partial charge in [-0.25, -0.2) is 4.79 Å². The smallest absolute Gasteiger partial charge is 0.407 e. The first-order chi connectivity index (χ1) is 14.3. The number of nitrogens with one attached hydrogen (secondary N) is 1. The molecule has 1 N–H and O–H groups in total. The van der Waals surface area contributed by atoms with E-state index in [9.17, 15) is 4.79 Å². The van der Waals surface area contributed by atoms with Crippen molar-refractivity contribution in [2.24, 2.45) is 5.92 Å². The van der Waals surface area contributed by atoms with Crippen molar-refractivity contribution in [1.82, 2.24) is 10.3 Å². The van der Waals surface area contributed by atoms with Crippen LogP contribution in [-0.2, 0) is 11.2 Å². The van der Waals surface area contributed by atoms with Crippen molar-refractivity contribution in [2.45, 2.75) is 64.5 Å². The highest BCUT2D eigenvalue weighted by atomic mass is 35.5. The Hall–Kier alpha value is -2.27. The van der Waals surface area contributed by atoms with Crippen molar-refractivity contribution >= 4 is 28.6 Å². The van der Waals surface area contributed by atoms with Gasteiger partial charge in [-0.2, -0.15) is 0 Å². The van der Waals surface area contributed by atoms with E-state index in [1.54, 1.807) is 13.3 Å². The van der Waals surface area contributed by atoms with Gasteiger partial charge in [0.2, 0.25) is 0 Å². The van der Waals surface area contributed by atoms with Gasteiger partial charge in [0, 0.05) is 17.6 Å². The minimum absolute atomic E-state index is 0.0922. The fourth-order valence-electron chi connectivity index (χ4n) is 3.93. The Kier molecular flexibility index (Phi) is 7.24. The Balaban J connectivity index is 1.73. The number of aromatic nitrogens is 1. The Morgan fingerprint density at radius 3 is 2.80 bits per heavy atom. The van der Waals surface area contributed by atoms with Gasteiger partial charge in [-0.3, -0.25) is 4.98 Å². The Bertz CT molecular complexity index is 921. The summed E-state index contributed by atoms with van der Waals surface area (Å²) in [5, 5.41) is 4.71. The number of carbonyl (C=O) groups is 1. The summed E-state index contributed by atoms with van der Waals surface area (Å²) in [6, 6.07) is 5.91. The molecule has 30 heavy (non-hydrogen) atoms. The highest BCUT2D eigenvalue weighted by Crippen LogP contribution is 2.30. The van der Waals surface area contributed by atoms with E-state index in [1.165, 1.54) is 0 Å². The minimum Gasteiger partial charge on any atom is -0.497 e. The number of carbonyl (C=O) groups excluding carboxylic acids is 1. The van der Waals surface area contributed by atoms with Crippen molar-refractivity contribution in [3.05, 3.63) is 47.1 Å². The lowest BCUT2D eigenvalue weighted by Crippen LogP contribution is -2.43. The molecule has 3 rings (SSSR count). The predicted octanol–water partition coefficient (Wildman–Crippen LogP) is 6.08. The van der Waals surface area contributed by atoms with Crippen LogP contribution in [0.2, 0.25) is 5.02 Å². The molecule has 162 valence electrons. The van der Waals surface area contributed by atoms with Gasteiger partial charge in [0.15, 0.2) is 0 Å². The number of hydrogen-bond acceptors (Lipinski definition) is 4. The van der Waals surface area contributed by atoms with Gasteiger partial charge >= 0.3 is 6.09 Å². The fourth-order valence-corrected chi connectivity index (χ4v) is 4.15. The van der Waals surface area contributed by atoms with Gasteiger partial charge in [0.05, 0.1) is 17.6 Å². The second-order valence-electron chi connectivity index (χ2n) is 8.80. The SMILES string of the molecule is COc1ccc2ncc(Cl)c(CC=CC3CCCCC3NC(=O)OC(C)(C)C)c2c1. The van der Waals surface area contributed by atoms with Crippen LogP contribution in [0.3, 0.4) is 0 Å². The molecule has 0 saturated heterocycles. The molecular weight excluding hydrogens is 400 g/mol. The molecule has 5 nitrogen and oxygen atoms in total. The third-order valence-corrected chi connectivity index (χ3v) is 5.69. The van der Waals surface area contributed by atoms with Crippen molar-refractivity contribution in [3.63, 3.8) is 0 Å². The zero-order chi connectivity index (χ0) is 21.7. The summed E-state index contributed by atoms with van der Waals surface area (Å²) in [6.45, 7) is 5.63. The zero-order valence-electron chi connectivity index (χ0n) is 18.2. The number of methoxy groups -OCH3 is 1. The van der Waals surface area contributed by atoms with Crippen LogP contribution in [0, 0.1) is 5.92 Å². The average Bonchev–Trinajstić information content (AvgIpc) is 2.69. The van der Waals surface area contributed by atoms with E-state index in [0.717, 1.165) is 47.9 Å². The number of hydrogen-bond donors (Lipinski definition) is 1. The quantitative estimate of drug-likeness (QED) is 0.584. The van der Waals surface area contributed by atoms with E-state index in [1.807, 2.05) is 39.0 Å². The predicted molar refractivity (Wildman–Crippen MR) is 121 cm³/mol. The number of rotatable bonds is 5. The molecule has 2 unspecified atom stereocenters. The Morgan fingerprint density at radius 1 is 1.30 bits per heavy atom. The number of pyridine rings is 1. The van der Waals surface area contributed by atoms with Gasteiger partial charge in [0.1, 0.15) is 11.4 Å². The summed E-state index contributed by atoms with van der Waals surface area (Å²) >= 11 is 6.47. The van der Waals surface area contributed by atoms with Crippen LogP contribution in [0.15, 0.2) is 36.5 Å². The Labute approximate surface area is 183 Å². The van der Waals surface area contributed by atoms with Crippen LogP contribution in [0.25, 0.3) is 10.9 Å². The maximum Gasteiger partial charge on any atom is 0.407 e.